The standard InChI is InChI=1S/C21H27N3O.2C2HF3O2/c25-21(19-9-5-2-6-10-19)23-14-13-22-20-11-15-24(16-12-20)17-18-7-3-1-4-8-18;2*3-2(4,5)1(6)7/h1-10,20,22H,11-17H2,(H,23,25);2*(H,6,7). The fourth-order valence-electron chi connectivity index (χ4n) is 3.28. The van der Waals surface area contributed by atoms with Gasteiger partial charge < -0.3 is 20.8 Å². The van der Waals surface area contributed by atoms with Crippen LogP contribution >= 0.6 is 0 Å². The number of aliphatic carboxylic acids is 2. The van der Waals surface area contributed by atoms with E-state index >= 15 is 0 Å². The molecule has 0 bridgehead atoms. The van der Waals surface area contributed by atoms with Gasteiger partial charge in [-0.1, -0.05) is 48.5 Å². The van der Waals surface area contributed by atoms with Gasteiger partial charge in [0.05, 0.1) is 0 Å². The molecular weight excluding hydrogens is 536 g/mol. The van der Waals surface area contributed by atoms with Crippen LogP contribution in [0, 0.1) is 0 Å². The molecule has 0 atom stereocenters. The van der Waals surface area contributed by atoms with Crippen molar-refractivity contribution in [1.29, 1.82) is 0 Å². The van der Waals surface area contributed by atoms with Crippen molar-refractivity contribution in [2.24, 2.45) is 0 Å². The number of amides is 1. The summed E-state index contributed by atoms with van der Waals surface area (Å²) in [5.41, 5.74) is 2.11. The van der Waals surface area contributed by atoms with Crippen molar-refractivity contribution in [1.82, 2.24) is 15.5 Å². The van der Waals surface area contributed by atoms with Crippen LogP contribution in [-0.4, -0.2) is 77.5 Å². The maximum atomic E-state index is 12.0. The molecule has 0 radical (unpaired) electrons. The fourth-order valence-corrected chi connectivity index (χ4v) is 3.28. The van der Waals surface area contributed by atoms with E-state index in [4.69, 9.17) is 19.8 Å². The number of carbonyl (C=O) groups is 3. The third-order valence-electron chi connectivity index (χ3n) is 5.20. The highest BCUT2D eigenvalue weighted by Crippen LogP contribution is 2.14. The lowest BCUT2D eigenvalue weighted by atomic mass is 10.0. The molecule has 1 aliphatic rings. The van der Waals surface area contributed by atoms with Crippen LogP contribution in [-0.2, 0) is 16.1 Å². The van der Waals surface area contributed by atoms with Crippen molar-refractivity contribution in [3.05, 3.63) is 71.8 Å². The van der Waals surface area contributed by atoms with Crippen LogP contribution in [0.25, 0.3) is 0 Å². The highest BCUT2D eigenvalue weighted by Gasteiger charge is 2.38. The Morgan fingerprint density at radius 3 is 1.64 bits per heavy atom. The Labute approximate surface area is 220 Å². The number of rotatable bonds is 7. The molecule has 8 nitrogen and oxygen atoms in total. The topological polar surface area (TPSA) is 119 Å². The zero-order valence-corrected chi connectivity index (χ0v) is 20.6. The number of hydrogen-bond donors (Lipinski definition) is 4. The number of hydrogen-bond acceptors (Lipinski definition) is 5. The van der Waals surface area contributed by atoms with E-state index in [-0.39, 0.29) is 5.91 Å². The molecule has 0 aromatic heterocycles. The van der Waals surface area contributed by atoms with Gasteiger partial charge in [-0.05, 0) is 43.6 Å². The minimum atomic E-state index is -5.08. The van der Waals surface area contributed by atoms with Gasteiger partial charge in [0.15, 0.2) is 0 Å². The van der Waals surface area contributed by atoms with E-state index in [1.165, 1.54) is 18.4 Å². The van der Waals surface area contributed by atoms with Gasteiger partial charge in [-0.25, -0.2) is 9.59 Å². The van der Waals surface area contributed by atoms with E-state index < -0.39 is 24.3 Å². The minimum absolute atomic E-state index is 0.0000744. The second kappa shape index (κ2) is 16.3. The van der Waals surface area contributed by atoms with E-state index in [0.29, 0.717) is 12.6 Å². The van der Waals surface area contributed by atoms with E-state index in [0.717, 1.165) is 31.7 Å². The fraction of sp³-hybridized carbons (Fsp3) is 0.400. The largest absolute Gasteiger partial charge is 0.490 e. The number of piperidine rings is 1. The Balaban J connectivity index is 0.000000449. The summed E-state index contributed by atoms with van der Waals surface area (Å²) in [5.74, 6) is -5.51. The molecule has 3 rings (SSSR count). The Morgan fingerprint density at radius 2 is 1.21 bits per heavy atom. The average Bonchev–Trinajstić information content (AvgIpc) is 2.88. The summed E-state index contributed by atoms with van der Waals surface area (Å²) < 4.78 is 63.5. The molecule has 1 heterocycles. The van der Waals surface area contributed by atoms with Crippen molar-refractivity contribution >= 4 is 17.8 Å². The highest BCUT2D eigenvalue weighted by atomic mass is 19.4. The second-order valence-corrected chi connectivity index (χ2v) is 8.22. The number of halogens is 6. The molecular formula is C25H29F6N3O5. The summed E-state index contributed by atoms with van der Waals surface area (Å²) >= 11 is 0. The first-order chi connectivity index (χ1) is 18.2. The molecule has 1 saturated heterocycles. The molecule has 4 N–H and O–H groups in total. The van der Waals surface area contributed by atoms with Gasteiger partial charge in [-0.3, -0.25) is 9.69 Å². The molecule has 39 heavy (non-hydrogen) atoms. The monoisotopic (exact) mass is 565 g/mol. The second-order valence-electron chi connectivity index (χ2n) is 8.22. The molecule has 0 saturated carbocycles. The van der Waals surface area contributed by atoms with Crippen LogP contribution in [0.3, 0.4) is 0 Å². The van der Waals surface area contributed by atoms with Crippen molar-refractivity contribution in [2.75, 3.05) is 26.2 Å². The molecule has 0 unspecified atom stereocenters. The SMILES string of the molecule is O=C(NCCNC1CCN(Cc2ccccc2)CC1)c1ccccc1.O=C(O)C(F)(F)F.O=C(O)C(F)(F)F. The number of likely N-dealkylation sites (tertiary alicyclic amines) is 1. The van der Waals surface area contributed by atoms with Gasteiger partial charge in [0.25, 0.3) is 5.91 Å². The summed E-state index contributed by atoms with van der Waals surface area (Å²) in [4.78, 5) is 32.3. The average molecular weight is 566 g/mol. The number of nitrogens with one attached hydrogen (secondary N) is 2. The summed E-state index contributed by atoms with van der Waals surface area (Å²) in [6.07, 6.45) is -7.83. The zero-order chi connectivity index (χ0) is 29.5. The molecule has 0 aliphatic carbocycles. The Bertz CT molecular complexity index is 988. The zero-order valence-electron chi connectivity index (χ0n) is 20.6. The lowest BCUT2D eigenvalue weighted by molar-refractivity contribution is -0.193. The van der Waals surface area contributed by atoms with Gasteiger partial charge in [0.1, 0.15) is 0 Å². The predicted octanol–water partition coefficient (Wildman–Crippen LogP) is 3.94. The van der Waals surface area contributed by atoms with Gasteiger partial charge in [-0.15, -0.1) is 0 Å². The third-order valence-corrected chi connectivity index (χ3v) is 5.20. The van der Waals surface area contributed by atoms with Crippen molar-refractivity contribution < 1.29 is 50.9 Å². The molecule has 1 aliphatic heterocycles. The van der Waals surface area contributed by atoms with Gasteiger partial charge in [0.2, 0.25) is 0 Å². The van der Waals surface area contributed by atoms with Crippen molar-refractivity contribution in [3.8, 4) is 0 Å². The molecule has 2 aromatic carbocycles. The van der Waals surface area contributed by atoms with E-state index in [9.17, 15) is 31.1 Å². The highest BCUT2D eigenvalue weighted by molar-refractivity contribution is 5.94. The number of carboxylic acid groups (broad SMARTS) is 2. The lowest BCUT2D eigenvalue weighted by Gasteiger charge is -2.32. The van der Waals surface area contributed by atoms with Gasteiger partial charge in [0, 0.05) is 31.2 Å². The number of nitrogens with zero attached hydrogens (tertiary/aromatic N) is 1. The van der Waals surface area contributed by atoms with Crippen LogP contribution in [0.5, 0.6) is 0 Å². The van der Waals surface area contributed by atoms with E-state index in [2.05, 4.69) is 45.9 Å². The predicted molar refractivity (Wildman–Crippen MR) is 129 cm³/mol. The quantitative estimate of drug-likeness (QED) is 0.297. The minimum Gasteiger partial charge on any atom is -0.475 e. The first-order valence-electron chi connectivity index (χ1n) is 11.6. The molecule has 0 spiro atoms. The number of carboxylic acids is 2. The first kappa shape index (κ1) is 33.4. The lowest BCUT2D eigenvalue weighted by Crippen LogP contribution is -2.44. The Morgan fingerprint density at radius 1 is 0.769 bits per heavy atom. The molecule has 1 amide bonds. The summed E-state index contributed by atoms with van der Waals surface area (Å²) in [6, 6.07) is 20.6. The molecule has 1 fully saturated rings. The third kappa shape index (κ3) is 14.8. The summed E-state index contributed by atoms with van der Waals surface area (Å²) in [7, 11) is 0. The summed E-state index contributed by atoms with van der Waals surface area (Å²) in [5, 5.41) is 20.8. The smallest absolute Gasteiger partial charge is 0.475 e. The number of carbonyl (C=O) groups excluding carboxylic acids is 1. The molecule has 14 heteroatoms. The summed E-state index contributed by atoms with van der Waals surface area (Å²) in [6.45, 7) is 4.78. The molecule has 2 aromatic rings. The van der Waals surface area contributed by atoms with Gasteiger partial charge in [-0.2, -0.15) is 26.3 Å². The maximum Gasteiger partial charge on any atom is 0.490 e. The van der Waals surface area contributed by atoms with Crippen LogP contribution in [0.1, 0.15) is 28.8 Å². The van der Waals surface area contributed by atoms with Crippen LogP contribution < -0.4 is 10.6 Å². The Hall–Kier alpha value is -3.65. The Kier molecular flexibility index (Phi) is 14.0. The molecule has 216 valence electrons. The maximum absolute atomic E-state index is 12.0. The van der Waals surface area contributed by atoms with E-state index in [1.54, 1.807) is 0 Å². The van der Waals surface area contributed by atoms with Crippen LogP contribution in [0.2, 0.25) is 0 Å². The normalized spacial score (nSPS) is 14.2. The van der Waals surface area contributed by atoms with Crippen LogP contribution in [0.15, 0.2) is 60.7 Å². The van der Waals surface area contributed by atoms with Crippen molar-refractivity contribution in [3.63, 3.8) is 0 Å². The van der Waals surface area contributed by atoms with Crippen LogP contribution in [0.4, 0.5) is 26.3 Å². The first-order valence-corrected chi connectivity index (χ1v) is 11.6. The number of benzene rings is 2. The number of alkyl halides is 6. The van der Waals surface area contributed by atoms with Gasteiger partial charge >= 0.3 is 24.3 Å². The van der Waals surface area contributed by atoms with Crippen molar-refractivity contribution in [2.45, 2.75) is 37.8 Å². The van der Waals surface area contributed by atoms with E-state index in [1.807, 2.05) is 30.3 Å².